The predicted octanol–water partition coefficient (Wildman–Crippen LogP) is 0.0517. The Balaban J connectivity index is 3.67. The molecule has 0 heterocycles. The number of carboxylic acid groups (broad SMARTS) is 1. The fourth-order valence-corrected chi connectivity index (χ4v) is 0.428. The van der Waals surface area contributed by atoms with Crippen molar-refractivity contribution in [1.82, 2.24) is 0 Å². The summed E-state index contributed by atoms with van der Waals surface area (Å²) in [6.45, 7) is 0. The molecular formula is C3H5O4P. The minimum atomic E-state index is -2.74. The zero-order valence-corrected chi connectivity index (χ0v) is 4.87. The normalized spacial score (nSPS) is 14.1. The maximum Gasteiger partial charge on any atom is 0.328 e. The third-order valence-electron chi connectivity index (χ3n) is 0.368. The molecule has 0 aliphatic rings. The zero-order valence-electron chi connectivity index (χ0n) is 3.87. The third-order valence-corrected chi connectivity index (χ3v) is 0.820. The second-order valence-corrected chi connectivity index (χ2v) is 2.02. The summed E-state index contributed by atoms with van der Waals surface area (Å²) in [7, 11) is -2.74. The van der Waals surface area contributed by atoms with Crippen molar-refractivity contribution in [3.05, 3.63) is 11.9 Å². The second-order valence-electron chi connectivity index (χ2n) is 1.01. The molecule has 8 heavy (non-hydrogen) atoms. The quantitative estimate of drug-likeness (QED) is 0.415. The molecule has 0 fully saturated rings. The summed E-state index contributed by atoms with van der Waals surface area (Å²) >= 11 is 0. The summed E-state index contributed by atoms with van der Waals surface area (Å²) in [6, 6.07) is 0. The first-order chi connectivity index (χ1) is 3.63. The van der Waals surface area contributed by atoms with Crippen molar-refractivity contribution in [3.63, 3.8) is 0 Å². The minimum Gasteiger partial charge on any atom is -0.478 e. The summed E-state index contributed by atoms with van der Waals surface area (Å²) in [6.07, 6.45) is 0.640. The van der Waals surface area contributed by atoms with Gasteiger partial charge >= 0.3 is 5.97 Å². The van der Waals surface area contributed by atoms with Crippen LogP contribution in [0.2, 0.25) is 0 Å². The summed E-state index contributed by atoms with van der Waals surface area (Å²) in [5.74, 6) is -0.468. The van der Waals surface area contributed by atoms with E-state index in [0.29, 0.717) is 6.08 Å². The lowest BCUT2D eigenvalue weighted by molar-refractivity contribution is -0.131. The van der Waals surface area contributed by atoms with E-state index in [1.807, 2.05) is 0 Å². The SMILES string of the molecule is O=C(O)C=C[PH](=O)O. The van der Waals surface area contributed by atoms with Crippen molar-refractivity contribution >= 4 is 14.0 Å². The fraction of sp³-hybridized carbons (Fsp3) is 0. The number of carboxylic acids is 1. The van der Waals surface area contributed by atoms with Crippen LogP contribution in [0.3, 0.4) is 0 Å². The molecule has 0 aromatic rings. The predicted molar refractivity (Wildman–Crippen MR) is 28.0 cm³/mol. The van der Waals surface area contributed by atoms with Crippen LogP contribution in [0.1, 0.15) is 0 Å². The third kappa shape index (κ3) is 5.40. The van der Waals surface area contributed by atoms with Gasteiger partial charge in [0.1, 0.15) is 0 Å². The van der Waals surface area contributed by atoms with Crippen LogP contribution >= 0.6 is 8.03 Å². The molecular weight excluding hydrogens is 131 g/mol. The molecule has 0 radical (unpaired) electrons. The molecule has 0 spiro atoms. The van der Waals surface area contributed by atoms with Gasteiger partial charge in [0.2, 0.25) is 8.03 Å². The molecule has 4 nitrogen and oxygen atoms in total. The topological polar surface area (TPSA) is 74.6 Å². The van der Waals surface area contributed by atoms with Gasteiger partial charge in [-0.15, -0.1) is 0 Å². The fourth-order valence-electron chi connectivity index (χ4n) is 0.143. The first kappa shape index (κ1) is 7.40. The molecule has 0 aromatic carbocycles. The Morgan fingerprint density at radius 3 is 2.25 bits per heavy atom. The lowest BCUT2D eigenvalue weighted by Crippen LogP contribution is -1.83. The molecule has 0 amide bonds. The van der Waals surface area contributed by atoms with Gasteiger partial charge < -0.3 is 10.00 Å². The smallest absolute Gasteiger partial charge is 0.328 e. The standard InChI is InChI=1S/C3H5O4P/c4-3(5)1-2-8(6)7/h1-2,8H,(H,4,5)(H,6,7). The van der Waals surface area contributed by atoms with Crippen LogP contribution in [0.5, 0.6) is 0 Å². The van der Waals surface area contributed by atoms with E-state index in [0.717, 1.165) is 5.82 Å². The van der Waals surface area contributed by atoms with Crippen molar-refractivity contribution < 1.29 is 19.4 Å². The van der Waals surface area contributed by atoms with Gasteiger partial charge in [-0.25, -0.2) is 4.79 Å². The monoisotopic (exact) mass is 136 g/mol. The Hall–Kier alpha value is -0.600. The molecule has 1 atom stereocenters. The molecule has 2 N–H and O–H groups in total. The van der Waals surface area contributed by atoms with Crippen molar-refractivity contribution in [2.24, 2.45) is 0 Å². The minimum absolute atomic E-state index is 0.640. The molecule has 0 rings (SSSR count). The van der Waals surface area contributed by atoms with Crippen LogP contribution < -0.4 is 0 Å². The van der Waals surface area contributed by atoms with Crippen LogP contribution in [-0.4, -0.2) is 16.0 Å². The molecule has 0 saturated carbocycles. The first-order valence-corrected chi connectivity index (χ1v) is 3.20. The highest BCUT2D eigenvalue weighted by molar-refractivity contribution is 7.41. The van der Waals surface area contributed by atoms with E-state index in [-0.39, 0.29) is 0 Å². The van der Waals surface area contributed by atoms with Crippen LogP contribution in [0.15, 0.2) is 11.9 Å². The molecule has 0 aliphatic carbocycles. The van der Waals surface area contributed by atoms with Gasteiger partial charge in [-0.05, 0) is 0 Å². The lowest BCUT2D eigenvalue weighted by Gasteiger charge is -1.75. The van der Waals surface area contributed by atoms with E-state index in [4.69, 9.17) is 10.00 Å². The molecule has 0 bridgehead atoms. The van der Waals surface area contributed by atoms with E-state index >= 15 is 0 Å². The Morgan fingerprint density at radius 1 is 1.62 bits per heavy atom. The van der Waals surface area contributed by atoms with E-state index in [1.54, 1.807) is 0 Å². The van der Waals surface area contributed by atoms with Crippen LogP contribution in [0, 0.1) is 0 Å². The van der Waals surface area contributed by atoms with Gasteiger partial charge in [0, 0.05) is 11.9 Å². The highest BCUT2D eigenvalue weighted by atomic mass is 31.1. The maximum atomic E-state index is 9.74. The molecule has 0 aromatic heterocycles. The Kier molecular flexibility index (Phi) is 3.15. The Morgan fingerprint density at radius 2 is 2.12 bits per heavy atom. The number of rotatable bonds is 2. The van der Waals surface area contributed by atoms with Gasteiger partial charge in [0.05, 0.1) is 0 Å². The Labute approximate surface area is 46.3 Å². The van der Waals surface area contributed by atoms with Crippen molar-refractivity contribution in [3.8, 4) is 0 Å². The average molecular weight is 136 g/mol. The molecule has 1 unspecified atom stereocenters. The van der Waals surface area contributed by atoms with Crippen molar-refractivity contribution in [2.75, 3.05) is 0 Å². The summed E-state index contributed by atoms with van der Waals surface area (Å²) < 4.78 is 9.74. The molecule has 0 aliphatic heterocycles. The van der Waals surface area contributed by atoms with Crippen molar-refractivity contribution in [1.29, 1.82) is 0 Å². The van der Waals surface area contributed by atoms with Gasteiger partial charge in [0.15, 0.2) is 0 Å². The van der Waals surface area contributed by atoms with Gasteiger partial charge in [-0.1, -0.05) is 0 Å². The van der Waals surface area contributed by atoms with Crippen LogP contribution in [0.25, 0.3) is 0 Å². The van der Waals surface area contributed by atoms with Gasteiger partial charge in [0.25, 0.3) is 0 Å². The lowest BCUT2D eigenvalue weighted by atomic mass is 10.7. The van der Waals surface area contributed by atoms with E-state index in [9.17, 15) is 9.36 Å². The highest BCUT2D eigenvalue weighted by Crippen LogP contribution is 2.12. The zero-order chi connectivity index (χ0) is 6.57. The van der Waals surface area contributed by atoms with Gasteiger partial charge in [-0.2, -0.15) is 0 Å². The van der Waals surface area contributed by atoms with Crippen LogP contribution in [0.4, 0.5) is 0 Å². The highest BCUT2D eigenvalue weighted by Gasteiger charge is 1.85. The van der Waals surface area contributed by atoms with Crippen molar-refractivity contribution in [2.45, 2.75) is 0 Å². The molecule has 5 heteroatoms. The molecule has 46 valence electrons. The van der Waals surface area contributed by atoms with E-state index in [1.165, 1.54) is 0 Å². The molecule has 0 saturated heterocycles. The first-order valence-electron chi connectivity index (χ1n) is 1.77. The summed E-state index contributed by atoms with van der Waals surface area (Å²) in [4.78, 5) is 17.6. The summed E-state index contributed by atoms with van der Waals surface area (Å²) in [5, 5.41) is 7.84. The Bertz CT molecular complexity index is 122. The summed E-state index contributed by atoms with van der Waals surface area (Å²) in [5.41, 5.74) is 0. The van der Waals surface area contributed by atoms with E-state index in [2.05, 4.69) is 0 Å². The van der Waals surface area contributed by atoms with E-state index < -0.39 is 14.0 Å². The number of aliphatic carboxylic acids is 1. The number of hydrogen-bond donors (Lipinski definition) is 2. The second kappa shape index (κ2) is 3.41. The number of carbonyl (C=O) groups is 1. The van der Waals surface area contributed by atoms with Gasteiger partial charge in [-0.3, -0.25) is 4.57 Å². The largest absolute Gasteiger partial charge is 0.478 e. The number of hydrogen-bond acceptors (Lipinski definition) is 2. The van der Waals surface area contributed by atoms with Crippen LogP contribution in [-0.2, 0) is 9.36 Å². The average Bonchev–Trinajstić information content (AvgIpc) is 1.61. The maximum absolute atomic E-state index is 9.74.